The minimum Gasteiger partial charge on any atom is -0.310 e. The van der Waals surface area contributed by atoms with Crippen LogP contribution in [0.3, 0.4) is 0 Å². The topological polar surface area (TPSA) is 55.8 Å². The average Bonchev–Trinajstić information content (AvgIpc) is 3.62. The second-order valence-electron chi connectivity index (χ2n) is 14.0. The fraction of sp³-hybridized carbons (Fsp3) is 0. The summed E-state index contributed by atoms with van der Waals surface area (Å²) in [6.45, 7) is 0. The standard InChI is InChI=1S/C52H32N4/c53-33-35-14-18-37(19-15-35)41-30-42(38-20-16-36(34-54)17-21-38)32-46(31-41)55(43-9-3-1-4-10-43)45-25-22-39(23-26-45)47-28-29-50-52-48(47)27-24-40-8-7-13-49(51(40)52)56(50)44-11-5-2-6-12-44/h1-32H. The number of nitriles is 2. The molecule has 0 atom stereocenters. The van der Waals surface area contributed by atoms with Gasteiger partial charge in [0.25, 0.3) is 0 Å². The number of anilines is 3. The van der Waals surface area contributed by atoms with E-state index in [1.807, 2.05) is 54.6 Å². The molecule has 0 unspecified atom stereocenters. The highest BCUT2D eigenvalue weighted by Crippen LogP contribution is 2.44. The quantitative estimate of drug-likeness (QED) is 0.155. The Bertz CT molecular complexity index is 3040. The molecule has 0 bridgehead atoms. The molecule has 0 aliphatic rings. The number of aromatic nitrogens is 1. The molecular weight excluding hydrogens is 681 g/mol. The monoisotopic (exact) mass is 712 g/mol. The third kappa shape index (κ3) is 5.53. The number of hydrogen-bond donors (Lipinski definition) is 0. The second-order valence-corrected chi connectivity index (χ2v) is 14.0. The molecule has 4 nitrogen and oxygen atoms in total. The highest BCUT2D eigenvalue weighted by molar-refractivity contribution is 6.26. The van der Waals surface area contributed by atoms with Gasteiger partial charge in [0.15, 0.2) is 0 Å². The summed E-state index contributed by atoms with van der Waals surface area (Å²) in [5.41, 5.74) is 14.3. The first-order valence-electron chi connectivity index (χ1n) is 18.6. The molecule has 1 aromatic heterocycles. The summed E-state index contributed by atoms with van der Waals surface area (Å²) < 4.78 is 2.38. The zero-order valence-electron chi connectivity index (χ0n) is 30.3. The van der Waals surface area contributed by atoms with Crippen LogP contribution in [0.4, 0.5) is 17.1 Å². The zero-order chi connectivity index (χ0) is 37.6. The van der Waals surface area contributed by atoms with Crippen molar-refractivity contribution in [3.8, 4) is 51.2 Å². The summed E-state index contributed by atoms with van der Waals surface area (Å²) in [6, 6.07) is 72.1. The Balaban J connectivity index is 1.12. The normalized spacial score (nSPS) is 11.2. The minimum absolute atomic E-state index is 0.620. The van der Waals surface area contributed by atoms with Crippen molar-refractivity contribution in [2.45, 2.75) is 0 Å². The predicted octanol–water partition coefficient (Wildman–Crippen LogP) is 13.6. The van der Waals surface area contributed by atoms with E-state index in [4.69, 9.17) is 0 Å². The van der Waals surface area contributed by atoms with Crippen LogP contribution in [0.5, 0.6) is 0 Å². The van der Waals surface area contributed by atoms with Crippen LogP contribution >= 0.6 is 0 Å². The van der Waals surface area contributed by atoms with Crippen LogP contribution in [0.15, 0.2) is 194 Å². The van der Waals surface area contributed by atoms with E-state index >= 15 is 0 Å². The lowest BCUT2D eigenvalue weighted by atomic mass is 9.94. The van der Waals surface area contributed by atoms with E-state index < -0.39 is 0 Å². The van der Waals surface area contributed by atoms with Crippen LogP contribution in [-0.2, 0) is 0 Å². The van der Waals surface area contributed by atoms with Gasteiger partial charge in [-0.05, 0) is 135 Å². The maximum Gasteiger partial charge on any atom is 0.0991 e. The van der Waals surface area contributed by atoms with Gasteiger partial charge in [-0.1, -0.05) is 103 Å². The van der Waals surface area contributed by atoms with Crippen LogP contribution < -0.4 is 4.90 Å². The molecule has 260 valence electrons. The molecule has 0 fully saturated rings. The summed E-state index contributed by atoms with van der Waals surface area (Å²) in [7, 11) is 0. The lowest BCUT2D eigenvalue weighted by molar-refractivity contribution is 1.18. The average molecular weight is 713 g/mol. The van der Waals surface area contributed by atoms with E-state index in [-0.39, 0.29) is 0 Å². The Morgan fingerprint density at radius 1 is 0.393 bits per heavy atom. The number of benzene rings is 9. The largest absolute Gasteiger partial charge is 0.310 e. The van der Waals surface area contributed by atoms with Crippen LogP contribution in [0.25, 0.3) is 71.6 Å². The van der Waals surface area contributed by atoms with E-state index in [1.54, 1.807) is 0 Å². The number of rotatable bonds is 7. The number of nitrogens with zero attached hydrogens (tertiary/aromatic N) is 4. The Morgan fingerprint density at radius 2 is 0.964 bits per heavy atom. The lowest BCUT2D eigenvalue weighted by Gasteiger charge is -2.27. The van der Waals surface area contributed by atoms with E-state index in [0.29, 0.717) is 11.1 Å². The van der Waals surface area contributed by atoms with Crippen molar-refractivity contribution >= 4 is 49.6 Å². The molecule has 4 heteroatoms. The number of hydrogen-bond acceptors (Lipinski definition) is 3. The predicted molar refractivity (Wildman–Crippen MR) is 230 cm³/mol. The SMILES string of the molecule is N#Cc1ccc(-c2cc(-c3ccc(C#N)cc3)cc(N(c3ccccc3)c3ccc(-c4ccc5c6c4ccc4cccc(c46)n5-c4ccccc4)cc3)c2)cc1. The van der Waals surface area contributed by atoms with Gasteiger partial charge in [-0.15, -0.1) is 0 Å². The molecule has 0 radical (unpaired) electrons. The molecule has 0 N–H and O–H groups in total. The summed E-state index contributed by atoms with van der Waals surface area (Å²) >= 11 is 0. The van der Waals surface area contributed by atoms with Gasteiger partial charge in [0, 0.05) is 33.5 Å². The Kier molecular flexibility index (Phi) is 7.88. The summed E-state index contributed by atoms with van der Waals surface area (Å²) in [5.74, 6) is 0. The smallest absolute Gasteiger partial charge is 0.0991 e. The zero-order valence-corrected chi connectivity index (χ0v) is 30.3. The Hall–Kier alpha value is -7.92. The van der Waals surface area contributed by atoms with Gasteiger partial charge in [0.2, 0.25) is 0 Å². The molecule has 9 aromatic carbocycles. The first-order chi connectivity index (χ1) is 27.7. The van der Waals surface area contributed by atoms with Crippen LogP contribution in [0, 0.1) is 22.7 Å². The molecule has 0 saturated heterocycles. The molecule has 10 aromatic rings. The van der Waals surface area contributed by atoms with Gasteiger partial charge >= 0.3 is 0 Å². The third-order valence-corrected chi connectivity index (χ3v) is 10.8. The van der Waals surface area contributed by atoms with Gasteiger partial charge in [-0.2, -0.15) is 10.5 Å². The number of para-hydroxylation sites is 2. The first-order valence-corrected chi connectivity index (χ1v) is 18.6. The van der Waals surface area contributed by atoms with Crippen molar-refractivity contribution in [2.24, 2.45) is 0 Å². The van der Waals surface area contributed by atoms with E-state index in [2.05, 4.69) is 161 Å². The van der Waals surface area contributed by atoms with E-state index in [9.17, 15) is 10.5 Å². The first kappa shape index (κ1) is 32.7. The summed E-state index contributed by atoms with van der Waals surface area (Å²) in [5, 5.41) is 24.0. The van der Waals surface area contributed by atoms with Crippen molar-refractivity contribution in [1.29, 1.82) is 10.5 Å². The molecule has 0 aliphatic heterocycles. The molecular formula is C52H32N4. The minimum atomic E-state index is 0.620. The van der Waals surface area contributed by atoms with Crippen molar-refractivity contribution in [3.05, 3.63) is 205 Å². The molecule has 10 rings (SSSR count). The molecule has 1 heterocycles. The summed E-state index contributed by atoms with van der Waals surface area (Å²) in [4.78, 5) is 2.29. The molecule has 0 saturated carbocycles. The van der Waals surface area contributed by atoms with Crippen molar-refractivity contribution in [1.82, 2.24) is 4.57 Å². The Morgan fingerprint density at radius 3 is 1.59 bits per heavy atom. The maximum atomic E-state index is 9.48. The lowest BCUT2D eigenvalue weighted by Crippen LogP contribution is -2.10. The fourth-order valence-electron chi connectivity index (χ4n) is 8.16. The molecule has 0 spiro atoms. The van der Waals surface area contributed by atoms with Gasteiger partial charge < -0.3 is 9.47 Å². The fourth-order valence-corrected chi connectivity index (χ4v) is 8.16. The van der Waals surface area contributed by atoms with Gasteiger partial charge in [0.1, 0.15) is 0 Å². The van der Waals surface area contributed by atoms with Crippen LogP contribution in [0.2, 0.25) is 0 Å². The molecule has 0 amide bonds. The van der Waals surface area contributed by atoms with Crippen LogP contribution in [0.1, 0.15) is 11.1 Å². The van der Waals surface area contributed by atoms with Gasteiger partial charge in [-0.25, -0.2) is 0 Å². The van der Waals surface area contributed by atoms with Crippen LogP contribution in [-0.4, -0.2) is 4.57 Å². The highest BCUT2D eigenvalue weighted by Gasteiger charge is 2.20. The van der Waals surface area contributed by atoms with Gasteiger partial charge in [0.05, 0.1) is 34.3 Å². The highest BCUT2D eigenvalue weighted by atomic mass is 15.1. The third-order valence-electron chi connectivity index (χ3n) is 10.8. The van der Waals surface area contributed by atoms with Crippen molar-refractivity contribution in [2.75, 3.05) is 4.90 Å². The molecule has 56 heavy (non-hydrogen) atoms. The molecule has 0 aliphatic carbocycles. The maximum absolute atomic E-state index is 9.48. The van der Waals surface area contributed by atoms with Crippen molar-refractivity contribution in [3.63, 3.8) is 0 Å². The Labute approximate surface area is 324 Å². The second kappa shape index (κ2) is 13.5. The van der Waals surface area contributed by atoms with E-state index in [1.165, 1.54) is 38.1 Å². The van der Waals surface area contributed by atoms with Crippen molar-refractivity contribution < 1.29 is 0 Å². The van der Waals surface area contributed by atoms with E-state index in [0.717, 1.165) is 50.6 Å². The van der Waals surface area contributed by atoms with Gasteiger partial charge in [-0.3, -0.25) is 0 Å². The summed E-state index contributed by atoms with van der Waals surface area (Å²) in [6.07, 6.45) is 0.